The maximum absolute atomic E-state index is 12.0. The summed E-state index contributed by atoms with van der Waals surface area (Å²) in [6, 6.07) is 3.49. The van der Waals surface area contributed by atoms with E-state index < -0.39 is 12.1 Å². The summed E-state index contributed by atoms with van der Waals surface area (Å²) in [5.74, 6) is -1.46. The normalized spacial score (nSPS) is 18.3. The van der Waals surface area contributed by atoms with Crippen molar-refractivity contribution in [1.29, 1.82) is 0 Å². The third kappa shape index (κ3) is 4.27. The number of aliphatic carboxylic acids is 1. The minimum absolute atomic E-state index is 0.0486. The number of carboxylic acid groups (broad SMARTS) is 1. The van der Waals surface area contributed by atoms with Crippen LogP contribution in [0.3, 0.4) is 0 Å². The first-order valence-electron chi connectivity index (χ1n) is 6.52. The van der Waals surface area contributed by atoms with Crippen molar-refractivity contribution < 1.29 is 24.2 Å². The largest absolute Gasteiger partial charge is 0.479 e. The molecule has 0 saturated carbocycles. The molecule has 1 atom stereocenters. The highest BCUT2D eigenvalue weighted by Crippen LogP contribution is 2.09. The zero-order valence-electron chi connectivity index (χ0n) is 11.3. The van der Waals surface area contributed by atoms with Crippen molar-refractivity contribution in [2.24, 2.45) is 0 Å². The van der Waals surface area contributed by atoms with Gasteiger partial charge in [-0.25, -0.2) is 4.79 Å². The smallest absolute Gasteiger partial charge is 0.334 e. The first-order valence-corrected chi connectivity index (χ1v) is 7.40. The molecule has 8 heteroatoms. The number of hydrogen-bond donors (Lipinski definition) is 2. The van der Waals surface area contributed by atoms with E-state index in [0.29, 0.717) is 11.4 Å². The average Bonchev–Trinajstić information content (AvgIpc) is 3.01. The second-order valence-electron chi connectivity index (χ2n) is 4.52. The molecule has 2 amide bonds. The second kappa shape index (κ2) is 7.19. The predicted octanol–water partition coefficient (Wildman–Crippen LogP) is 0.180. The molecule has 7 nitrogen and oxygen atoms in total. The summed E-state index contributed by atoms with van der Waals surface area (Å²) >= 11 is 1.33. The fraction of sp³-hybridized carbons (Fsp3) is 0.462. The highest BCUT2D eigenvalue weighted by Gasteiger charge is 2.28. The lowest BCUT2D eigenvalue weighted by atomic mass is 10.2. The Kier molecular flexibility index (Phi) is 5.29. The summed E-state index contributed by atoms with van der Waals surface area (Å²) in [7, 11) is 0. The number of carboxylic acids is 1. The average molecular weight is 312 g/mol. The van der Waals surface area contributed by atoms with Crippen molar-refractivity contribution >= 4 is 29.1 Å². The number of carbonyl (C=O) groups is 3. The molecule has 114 valence electrons. The van der Waals surface area contributed by atoms with Gasteiger partial charge in [0.15, 0.2) is 6.10 Å². The number of amides is 2. The molecule has 2 heterocycles. The van der Waals surface area contributed by atoms with E-state index in [1.165, 1.54) is 16.2 Å². The fourth-order valence-corrected chi connectivity index (χ4v) is 2.60. The number of thiophene rings is 1. The molecule has 1 aliphatic heterocycles. The van der Waals surface area contributed by atoms with Gasteiger partial charge in [-0.15, -0.1) is 11.3 Å². The number of hydrogen-bond acceptors (Lipinski definition) is 5. The minimum atomic E-state index is -1.07. The maximum atomic E-state index is 12.0. The molecule has 0 aliphatic carbocycles. The predicted molar refractivity (Wildman–Crippen MR) is 75.2 cm³/mol. The lowest BCUT2D eigenvalue weighted by molar-refractivity contribution is -0.159. The van der Waals surface area contributed by atoms with Crippen molar-refractivity contribution in [2.75, 3.05) is 26.2 Å². The lowest BCUT2D eigenvalue weighted by Crippen LogP contribution is -2.49. The molecule has 1 unspecified atom stereocenters. The zero-order valence-corrected chi connectivity index (χ0v) is 12.1. The Morgan fingerprint density at radius 2 is 2.29 bits per heavy atom. The van der Waals surface area contributed by atoms with Gasteiger partial charge in [-0.2, -0.15) is 0 Å². The molecular weight excluding hydrogens is 296 g/mol. The van der Waals surface area contributed by atoms with E-state index in [9.17, 15) is 14.4 Å². The van der Waals surface area contributed by atoms with Crippen molar-refractivity contribution in [3.8, 4) is 0 Å². The van der Waals surface area contributed by atoms with Crippen LogP contribution in [0.5, 0.6) is 0 Å². The highest BCUT2D eigenvalue weighted by molar-refractivity contribution is 7.12. The van der Waals surface area contributed by atoms with E-state index in [-0.39, 0.29) is 37.9 Å². The minimum Gasteiger partial charge on any atom is -0.479 e. The Labute approximate surface area is 125 Å². The Bertz CT molecular complexity index is 517. The summed E-state index contributed by atoms with van der Waals surface area (Å²) in [4.78, 5) is 36.5. The number of morpholine rings is 1. The van der Waals surface area contributed by atoms with Crippen LogP contribution in [0.1, 0.15) is 16.1 Å². The summed E-state index contributed by atoms with van der Waals surface area (Å²) in [5.41, 5.74) is 0. The first kappa shape index (κ1) is 15.5. The van der Waals surface area contributed by atoms with E-state index in [4.69, 9.17) is 9.84 Å². The van der Waals surface area contributed by atoms with Gasteiger partial charge in [-0.05, 0) is 11.4 Å². The number of carbonyl (C=O) groups excluding carboxylic acids is 2. The van der Waals surface area contributed by atoms with Crippen LogP contribution in [-0.2, 0) is 14.3 Å². The Morgan fingerprint density at radius 3 is 2.95 bits per heavy atom. The second-order valence-corrected chi connectivity index (χ2v) is 5.47. The van der Waals surface area contributed by atoms with Gasteiger partial charge in [-0.1, -0.05) is 6.07 Å². The van der Waals surface area contributed by atoms with Gasteiger partial charge in [0.25, 0.3) is 5.91 Å². The standard InChI is InChI=1S/C13H16N2O5S/c16-11(15-5-6-20-9(8-15)13(18)19)3-4-14-12(17)10-2-1-7-21-10/h1-2,7,9H,3-6,8H2,(H,14,17)(H,18,19). The fourth-order valence-electron chi connectivity index (χ4n) is 1.96. The first-order chi connectivity index (χ1) is 10.1. The Hall–Kier alpha value is -1.93. The molecule has 0 radical (unpaired) electrons. The SMILES string of the molecule is O=C(NCCC(=O)N1CCOC(C(=O)O)C1)c1cccs1. The van der Waals surface area contributed by atoms with Crippen LogP contribution in [0.4, 0.5) is 0 Å². The van der Waals surface area contributed by atoms with Crippen LogP contribution in [0, 0.1) is 0 Å². The molecule has 1 fully saturated rings. The van der Waals surface area contributed by atoms with E-state index in [0.717, 1.165) is 0 Å². The molecule has 0 aromatic carbocycles. The van der Waals surface area contributed by atoms with Gasteiger partial charge in [-0.3, -0.25) is 9.59 Å². The molecule has 0 spiro atoms. The Morgan fingerprint density at radius 1 is 1.48 bits per heavy atom. The van der Waals surface area contributed by atoms with Crippen LogP contribution >= 0.6 is 11.3 Å². The zero-order chi connectivity index (χ0) is 15.2. The summed E-state index contributed by atoms with van der Waals surface area (Å²) < 4.78 is 5.05. The number of nitrogens with zero attached hydrogens (tertiary/aromatic N) is 1. The van der Waals surface area contributed by atoms with Crippen LogP contribution in [-0.4, -0.2) is 60.1 Å². The highest BCUT2D eigenvalue weighted by atomic mass is 32.1. The molecule has 1 aromatic heterocycles. The van der Waals surface area contributed by atoms with Crippen molar-refractivity contribution in [1.82, 2.24) is 10.2 Å². The quantitative estimate of drug-likeness (QED) is 0.808. The lowest BCUT2D eigenvalue weighted by Gasteiger charge is -2.30. The van der Waals surface area contributed by atoms with Crippen molar-refractivity contribution in [3.05, 3.63) is 22.4 Å². The maximum Gasteiger partial charge on any atom is 0.334 e. The number of ether oxygens (including phenoxy) is 1. The van der Waals surface area contributed by atoms with Crippen LogP contribution in [0.15, 0.2) is 17.5 Å². The molecule has 1 aromatic rings. The number of nitrogens with one attached hydrogen (secondary N) is 1. The van der Waals surface area contributed by atoms with E-state index in [2.05, 4.69) is 5.32 Å². The third-order valence-electron chi connectivity index (χ3n) is 3.06. The monoisotopic (exact) mass is 312 g/mol. The molecule has 1 saturated heterocycles. The Balaban J connectivity index is 1.74. The van der Waals surface area contributed by atoms with Crippen molar-refractivity contribution in [2.45, 2.75) is 12.5 Å². The number of rotatable bonds is 5. The van der Waals surface area contributed by atoms with Crippen LogP contribution in [0.2, 0.25) is 0 Å². The molecule has 2 rings (SSSR count). The molecular formula is C13H16N2O5S. The van der Waals surface area contributed by atoms with Gasteiger partial charge in [0.2, 0.25) is 5.91 Å². The van der Waals surface area contributed by atoms with Gasteiger partial charge < -0.3 is 20.1 Å². The van der Waals surface area contributed by atoms with Crippen LogP contribution in [0.25, 0.3) is 0 Å². The summed E-state index contributed by atoms with van der Waals surface area (Å²) in [6.45, 7) is 0.865. The third-order valence-corrected chi connectivity index (χ3v) is 3.93. The molecule has 0 bridgehead atoms. The van der Waals surface area contributed by atoms with Gasteiger partial charge in [0.05, 0.1) is 18.0 Å². The van der Waals surface area contributed by atoms with Gasteiger partial charge in [0, 0.05) is 19.5 Å². The summed E-state index contributed by atoms with van der Waals surface area (Å²) in [6.07, 6.45) is -0.827. The van der Waals surface area contributed by atoms with Gasteiger partial charge in [0.1, 0.15) is 0 Å². The molecule has 21 heavy (non-hydrogen) atoms. The van der Waals surface area contributed by atoms with E-state index >= 15 is 0 Å². The van der Waals surface area contributed by atoms with E-state index in [1.807, 2.05) is 0 Å². The van der Waals surface area contributed by atoms with E-state index in [1.54, 1.807) is 17.5 Å². The summed E-state index contributed by atoms with van der Waals surface area (Å²) in [5, 5.41) is 13.3. The van der Waals surface area contributed by atoms with Gasteiger partial charge >= 0.3 is 5.97 Å². The molecule has 1 aliphatic rings. The topological polar surface area (TPSA) is 95.9 Å². The molecule has 2 N–H and O–H groups in total. The van der Waals surface area contributed by atoms with Crippen LogP contribution < -0.4 is 5.32 Å². The van der Waals surface area contributed by atoms with Crippen molar-refractivity contribution in [3.63, 3.8) is 0 Å².